The van der Waals surface area contributed by atoms with Crippen LogP contribution in [0.1, 0.15) is 12.5 Å². The molecule has 0 bridgehead atoms. The maximum absolute atomic E-state index is 10.3. The molecule has 1 rings (SSSR count). The summed E-state index contributed by atoms with van der Waals surface area (Å²) in [5.74, 6) is 0. The molecule has 1 aromatic rings. The molecule has 15 heavy (non-hydrogen) atoms. The van der Waals surface area contributed by atoms with E-state index in [0.29, 0.717) is 16.5 Å². The third-order valence-electron chi connectivity index (χ3n) is 1.82. The van der Waals surface area contributed by atoms with Crippen molar-refractivity contribution in [3.63, 3.8) is 0 Å². The molecule has 0 unspecified atom stereocenters. The van der Waals surface area contributed by atoms with Crippen molar-refractivity contribution in [2.45, 2.75) is 19.4 Å². The van der Waals surface area contributed by atoms with Gasteiger partial charge in [0.1, 0.15) is 6.10 Å². The van der Waals surface area contributed by atoms with Gasteiger partial charge in [-0.25, -0.2) is 4.79 Å². The minimum Gasteiger partial charge on any atom is -0.450 e. The number of halogens is 2. The first-order valence-electron chi connectivity index (χ1n) is 4.32. The number of hydrogen-bond acceptors (Lipinski definition) is 2. The minimum absolute atomic E-state index is 0.429. The van der Waals surface area contributed by atoms with Crippen LogP contribution in [0.25, 0.3) is 0 Å². The fourth-order valence-electron chi connectivity index (χ4n) is 1.21. The van der Waals surface area contributed by atoms with Gasteiger partial charge in [-0.15, -0.1) is 0 Å². The van der Waals surface area contributed by atoms with Gasteiger partial charge in [-0.3, -0.25) is 0 Å². The zero-order chi connectivity index (χ0) is 11.4. The Morgan fingerprint density at radius 1 is 1.53 bits per heavy atom. The molecule has 0 amide bonds. The van der Waals surface area contributed by atoms with Crippen LogP contribution in [-0.2, 0) is 11.2 Å². The van der Waals surface area contributed by atoms with Crippen LogP contribution >= 0.6 is 23.2 Å². The van der Waals surface area contributed by atoms with Crippen molar-refractivity contribution < 1.29 is 14.6 Å². The summed E-state index contributed by atoms with van der Waals surface area (Å²) in [7, 11) is 0. The van der Waals surface area contributed by atoms with Gasteiger partial charge in [0.2, 0.25) is 0 Å². The smallest absolute Gasteiger partial charge is 0.450 e. The van der Waals surface area contributed by atoms with E-state index in [9.17, 15) is 4.79 Å². The lowest BCUT2D eigenvalue weighted by atomic mass is 10.1. The number of ether oxygens (including phenoxy) is 1. The molecule has 1 aromatic carbocycles. The zero-order valence-electron chi connectivity index (χ0n) is 8.04. The molecular formula is C10H10Cl2O3. The first kappa shape index (κ1) is 12.1. The van der Waals surface area contributed by atoms with Crippen molar-refractivity contribution >= 4 is 29.4 Å². The highest BCUT2D eigenvalue weighted by Gasteiger charge is 2.10. The summed E-state index contributed by atoms with van der Waals surface area (Å²) in [5, 5.41) is 9.47. The zero-order valence-corrected chi connectivity index (χ0v) is 9.55. The third-order valence-corrected chi connectivity index (χ3v) is 2.41. The average molecular weight is 249 g/mol. The lowest BCUT2D eigenvalue weighted by molar-refractivity contribution is 0.0593. The van der Waals surface area contributed by atoms with Crippen LogP contribution in [0.2, 0.25) is 10.0 Å². The molecule has 82 valence electrons. The molecule has 0 spiro atoms. The topological polar surface area (TPSA) is 46.5 Å². The normalized spacial score (nSPS) is 12.2. The summed E-state index contributed by atoms with van der Waals surface area (Å²) in [6.07, 6.45) is -1.28. The van der Waals surface area contributed by atoms with E-state index < -0.39 is 12.3 Å². The average Bonchev–Trinajstić information content (AvgIpc) is 2.08. The van der Waals surface area contributed by atoms with Gasteiger partial charge in [0.05, 0.1) is 0 Å². The van der Waals surface area contributed by atoms with E-state index in [1.54, 1.807) is 25.1 Å². The van der Waals surface area contributed by atoms with Crippen LogP contribution in [0.4, 0.5) is 4.79 Å². The minimum atomic E-state index is -1.28. The van der Waals surface area contributed by atoms with Crippen LogP contribution < -0.4 is 0 Å². The van der Waals surface area contributed by atoms with Crippen LogP contribution in [-0.4, -0.2) is 17.4 Å². The highest BCUT2D eigenvalue weighted by molar-refractivity contribution is 6.35. The first-order valence-corrected chi connectivity index (χ1v) is 5.08. The molecular weight excluding hydrogens is 239 g/mol. The molecule has 3 nitrogen and oxygen atoms in total. The van der Waals surface area contributed by atoms with Crippen LogP contribution in [0.15, 0.2) is 18.2 Å². The van der Waals surface area contributed by atoms with E-state index in [0.717, 1.165) is 5.56 Å². The van der Waals surface area contributed by atoms with Crippen LogP contribution in [0.3, 0.4) is 0 Å². The third kappa shape index (κ3) is 3.98. The molecule has 5 heteroatoms. The van der Waals surface area contributed by atoms with Crippen LogP contribution in [0.5, 0.6) is 0 Å². The quantitative estimate of drug-likeness (QED) is 0.832. The fraction of sp³-hybridized carbons (Fsp3) is 0.300. The number of carboxylic acid groups (broad SMARTS) is 1. The summed E-state index contributed by atoms with van der Waals surface area (Å²) >= 11 is 11.7. The summed E-state index contributed by atoms with van der Waals surface area (Å²) in [6, 6.07) is 5.08. The predicted molar refractivity (Wildman–Crippen MR) is 58.7 cm³/mol. The number of benzene rings is 1. The molecule has 0 aromatic heterocycles. The molecule has 0 saturated carbocycles. The molecule has 0 aliphatic carbocycles. The largest absolute Gasteiger partial charge is 0.506 e. The molecule has 0 aliphatic heterocycles. The maximum atomic E-state index is 10.3. The molecule has 0 aliphatic rings. The number of rotatable bonds is 3. The second kappa shape index (κ2) is 5.24. The van der Waals surface area contributed by atoms with E-state index in [2.05, 4.69) is 4.74 Å². The second-order valence-electron chi connectivity index (χ2n) is 3.13. The van der Waals surface area contributed by atoms with Gasteiger partial charge in [-0.2, -0.15) is 0 Å². The van der Waals surface area contributed by atoms with Gasteiger partial charge in [-0.1, -0.05) is 29.3 Å². The van der Waals surface area contributed by atoms with E-state index >= 15 is 0 Å². The molecule has 1 N–H and O–H groups in total. The second-order valence-corrected chi connectivity index (χ2v) is 3.98. The Labute approximate surface area is 97.6 Å². The lowest BCUT2D eigenvalue weighted by Crippen LogP contribution is -2.15. The summed E-state index contributed by atoms with van der Waals surface area (Å²) in [6.45, 7) is 1.67. The molecule has 0 fully saturated rings. The van der Waals surface area contributed by atoms with E-state index in [-0.39, 0.29) is 0 Å². The van der Waals surface area contributed by atoms with E-state index in [1.165, 1.54) is 0 Å². The Balaban J connectivity index is 2.68. The standard InChI is InChI=1S/C10H10Cl2O3/c1-6(15-10(13)14)4-7-2-3-8(11)5-9(7)12/h2-3,5-6H,4H2,1H3,(H,13,14)/t6-/m0/s1. The first-order chi connectivity index (χ1) is 6.99. The summed E-state index contributed by atoms with van der Waals surface area (Å²) in [4.78, 5) is 10.3. The van der Waals surface area contributed by atoms with Crippen molar-refractivity contribution in [1.29, 1.82) is 0 Å². The monoisotopic (exact) mass is 248 g/mol. The summed E-state index contributed by atoms with van der Waals surface area (Å²) < 4.78 is 4.56. The molecule has 0 radical (unpaired) electrons. The lowest BCUT2D eigenvalue weighted by Gasteiger charge is -2.11. The van der Waals surface area contributed by atoms with Gasteiger partial charge < -0.3 is 9.84 Å². The Kier molecular flexibility index (Phi) is 4.24. The van der Waals surface area contributed by atoms with E-state index in [1.807, 2.05) is 0 Å². The van der Waals surface area contributed by atoms with Crippen molar-refractivity contribution in [3.8, 4) is 0 Å². The Morgan fingerprint density at radius 2 is 2.20 bits per heavy atom. The maximum Gasteiger partial charge on any atom is 0.506 e. The highest BCUT2D eigenvalue weighted by Crippen LogP contribution is 2.22. The van der Waals surface area contributed by atoms with Crippen molar-refractivity contribution in [2.24, 2.45) is 0 Å². The number of hydrogen-bond donors (Lipinski definition) is 1. The van der Waals surface area contributed by atoms with Crippen molar-refractivity contribution in [1.82, 2.24) is 0 Å². The highest BCUT2D eigenvalue weighted by atomic mass is 35.5. The van der Waals surface area contributed by atoms with Gasteiger partial charge in [0, 0.05) is 16.5 Å². The van der Waals surface area contributed by atoms with Crippen molar-refractivity contribution in [2.75, 3.05) is 0 Å². The molecule has 1 atom stereocenters. The van der Waals surface area contributed by atoms with Crippen LogP contribution in [0, 0.1) is 0 Å². The Bertz CT molecular complexity index is 366. The summed E-state index contributed by atoms with van der Waals surface area (Å²) in [5.41, 5.74) is 0.815. The Hall–Kier alpha value is -0.930. The number of carbonyl (C=O) groups is 1. The molecule has 0 saturated heterocycles. The van der Waals surface area contributed by atoms with Gasteiger partial charge in [0.25, 0.3) is 0 Å². The Morgan fingerprint density at radius 3 is 2.73 bits per heavy atom. The SMILES string of the molecule is C[C@@H](Cc1ccc(Cl)cc1Cl)OC(=O)O. The molecule has 0 heterocycles. The fourth-order valence-corrected chi connectivity index (χ4v) is 1.70. The van der Waals surface area contributed by atoms with Crippen molar-refractivity contribution in [3.05, 3.63) is 33.8 Å². The van der Waals surface area contributed by atoms with Gasteiger partial charge in [-0.05, 0) is 24.6 Å². The van der Waals surface area contributed by atoms with E-state index in [4.69, 9.17) is 28.3 Å². The predicted octanol–water partition coefficient (Wildman–Crippen LogP) is 3.62. The van der Waals surface area contributed by atoms with Gasteiger partial charge >= 0.3 is 6.16 Å². The van der Waals surface area contributed by atoms with Gasteiger partial charge in [0.15, 0.2) is 0 Å².